The van der Waals surface area contributed by atoms with Crippen LogP contribution in [0.1, 0.15) is 48.7 Å². The molecule has 0 radical (unpaired) electrons. The fourth-order valence-electron chi connectivity index (χ4n) is 4.06. The highest BCUT2D eigenvalue weighted by Gasteiger charge is 2.21. The van der Waals surface area contributed by atoms with Crippen molar-refractivity contribution < 1.29 is 0 Å². The quantitative estimate of drug-likeness (QED) is 0.764. The van der Waals surface area contributed by atoms with E-state index in [9.17, 15) is 0 Å². The lowest BCUT2D eigenvalue weighted by Crippen LogP contribution is -2.13. The van der Waals surface area contributed by atoms with Crippen molar-refractivity contribution in [1.82, 2.24) is 14.8 Å². The maximum Gasteiger partial charge on any atom is 0.152 e. The fraction of sp³-hybridized carbons (Fsp3) is 0.350. The summed E-state index contributed by atoms with van der Waals surface area (Å²) >= 11 is 0. The molecule has 1 aliphatic heterocycles. The summed E-state index contributed by atoms with van der Waals surface area (Å²) in [5.74, 6) is 0.857. The molecule has 1 aliphatic carbocycles. The Hall–Kier alpha value is -2.69. The lowest BCUT2D eigenvalue weighted by Gasteiger charge is -2.11. The van der Waals surface area contributed by atoms with Gasteiger partial charge in [0.25, 0.3) is 0 Å². The molecule has 2 aliphatic rings. The summed E-state index contributed by atoms with van der Waals surface area (Å²) in [6.07, 6.45) is 6.96. The molecule has 0 amide bonds. The van der Waals surface area contributed by atoms with Gasteiger partial charge >= 0.3 is 0 Å². The van der Waals surface area contributed by atoms with Gasteiger partial charge in [-0.2, -0.15) is 5.10 Å². The number of aromatic nitrogens is 3. The SMILES string of the molecule is Cc1c2cc(NC3=NCc4cccnc43)ccc2nn1C1CCCC1. The zero-order chi connectivity index (χ0) is 16.8. The average Bonchev–Trinajstić information content (AvgIpc) is 3.36. The summed E-state index contributed by atoms with van der Waals surface area (Å²) in [5.41, 5.74) is 5.51. The second kappa shape index (κ2) is 5.69. The number of nitrogens with zero attached hydrogens (tertiary/aromatic N) is 4. The predicted octanol–water partition coefficient (Wildman–Crippen LogP) is 4.23. The molecule has 5 heteroatoms. The molecule has 5 rings (SSSR count). The van der Waals surface area contributed by atoms with E-state index < -0.39 is 0 Å². The average molecular weight is 331 g/mol. The highest BCUT2D eigenvalue weighted by Crippen LogP contribution is 2.33. The smallest absolute Gasteiger partial charge is 0.152 e. The Morgan fingerprint density at radius 2 is 2.04 bits per heavy atom. The van der Waals surface area contributed by atoms with Crippen LogP contribution in [0.5, 0.6) is 0 Å². The van der Waals surface area contributed by atoms with Crippen LogP contribution in [0.2, 0.25) is 0 Å². The summed E-state index contributed by atoms with van der Waals surface area (Å²) in [6.45, 7) is 2.88. The second-order valence-electron chi connectivity index (χ2n) is 7.00. The van der Waals surface area contributed by atoms with Crippen molar-refractivity contribution in [2.45, 2.75) is 45.2 Å². The van der Waals surface area contributed by atoms with E-state index in [0.29, 0.717) is 12.6 Å². The molecule has 5 nitrogen and oxygen atoms in total. The van der Waals surface area contributed by atoms with Gasteiger partial charge in [0, 0.05) is 28.5 Å². The number of benzene rings is 1. The molecule has 0 bridgehead atoms. The van der Waals surface area contributed by atoms with E-state index in [4.69, 9.17) is 5.10 Å². The Labute approximate surface area is 146 Å². The van der Waals surface area contributed by atoms with E-state index in [1.807, 2.05) is 12.3 Å². The van der Waals surface area contributed by atoms with Gasteiger partial charge in [0.15, 0.2) is 5.84 Å². The first-order valence-corrected chi connectivity index (χ1v) is 9.04. The molecule has 0 atom stereocenters. The van der Waals surface area contributed by atoms with Crippen LogP contribution in [0.15, 0.2) is 41.5 Å². The molecule has 0 unspecified atom stereocenters. The number of aryl methyl sites for hydroxylation is 1. The molecule has 1 saturated carbocycles. The maximum absolute atomic E-state index is 4.85. The number of anilines is 1. The van der Waals surface area contributed by atoms with E-state index in [2.05, 4.69) is 51.2 Å². The second-order valence-corrected chi connectivity index (χ2v) is 7.00. The molecule has 126 valence electrons. The first-order valence-electron chi connectivity index (χ1n) is 9.04. The van der Waals surface area contributed by atoms with Gasteiger partial charge in [-0.3, -0.25) is 14.7 Å². The summed E-state index contributed by atoms with van der Waals surface area (Å²) < 4.78 is 2.24. The van der Waals surface area contributed by atoms with Crippen LogP contribution in [0, 0.1) is 6.92 Å². The first kappa shape index (κ1) is 14.6. The van der Waals surface area contributed by atoms with Gasteiger partial charge in [-0.05, 0) is 44.0 Å². The van der Waals surface area contributed by atoms with Crippen molar-refractivity contribution in [2.24, 2.45) is 4.99 Å². The van der Waals surface area contributed by atoms with E-state index in [1.54, 1.807) is 0 Å². The molecule has 0 spiro atoms. The van der Waals surface area contributed by atoms with E-state index in [-0.39, 0.29) is 0 Å². The largest absolute Gasteiger partial charge is 0.339 e. The van der Waals surface area contributed by atoms with Crippen molar-refractivity contribution in [3.63, 3.8) is 0 Å². The van der Waals surface area contributed by atoms with Gasteiger partial charge in [-0.1, -0.05) is 18.9 Å². The number of hydrogen-bond acceptors (Lipinski definition) is 4. The lowest BCUT2D eigenvalue weighted by atomic mass is 10.1. The lowest BCUT2D eigenvalue weighted by molar-refractivity contribution is 0.460. The number of aliphatic imine (C=N–C) groups is 1. The van der Waals surface area contributed by atoms with Crippen molar-refractivity contribution in [3.8, 4) is 0 Å². The van der Waals surface area contributed by atoms with Crippen molar-refractivity contribution in [1.29, 1.82) is 0 Å². The summed E-state index contributed by atoms with van der Waals surface area (Å²) in [6, 6.07) is 11.0. The van der Waals surface area contributed by atoms with Crippen LogP contribution in [0.25, 0.3) is 10.9 Å². The number of hydrogen-bond donors (Lipinski definition) is 1. The molecular weight excluding hydrogens is 310 g/mol. The van der Waals surface area contributed by atoms with Gasteiger partial charge in [-0.25, -0.2) is 0 Å². The minimum absolute atomic E-state index is 0.569. The van der Waals surface area contributed by atoms with Crippen LogP contribution >= 0.6 is 0 Å². The molecule has 2 aromatic heterocycles. The third kappa shape index (κ3) is 2.42. The minimum Gasteiger partial charge on any atom is -0.339 e. The summed E-state index contributed by atoms with van der Waals surface area (Å²) in [7, 11) is 0. The zero-order valence-electron chi connectivity index (χ0n) is 14.4. The molecule has 3 heterocycles. The van der Waals surface area contributed by atoms with Crippen LogP contribution in [0.3, 0.4) is 0 Å². The van der Waals surface area contributed by atoms with Crippen LogP contribution in [-0.4, -0.2) is 20.6 Å². The standard InChI is InChI=1S/C20H21N5/c1-13-17-11-15(23-20-19-14(12-22-20)5-4-10-21-19)8-9-18(17)24-25(13)16-6-2-3-7-16/h4-5,8-11,16H,2-3,6-7,12H2,1H3,(H,22,23). The minimum atomic E-state index is 0.569. The Morgan fingerprint density at radius 3 is 2.92 bits per heavy atom. The Balaban J connectivity index is 1.48. The van der Waals surface area contributed by atoms with Gasteiger partial charge in [0.05, 0.1) is 18.1 Å². The third-order valence-corrected chi connectivity index (χ3v) is 5.40. The Bertz CT molecular complexity index is 979. The first-order chi connectivity index (χ1) is 12.3. The monoisotopic (exact) mass is 331 g/mol. The van der Waals surface area contributed by atoms with Gasteiger partial charge in [0.2, 0.25) is 0 Å². The fourth-order valence-corrected chi connectivity index (χ4v) is 4.06. The normalized spacial score (nSPS) is 17.1. The Morgan fingerprint density at radius 1 is 1.16 bits per heavy atom. The zero-order valence-corrected chi connectivity index (χ0v) is 14.4. The number of rotatable bonds is 2. The molecule has 1 aromatic carbocycles. The van der Waals surface area contributed by atoms with E-state index >= 15 is 0 Å². The van der Waals surface area contributed by atoms with Gasteiger partial charge < -0.3 is 5.32 Å². The molecular formula is C20H21N5. The van der Waals surface area contributed by atoms with Crippen molar-refractivity contribution in [3.05, 3.63) is 53.5 Å². The maximum atomic E-state index is 4.85. The van der Waals surface area contributed by atoms with E-state index in [0.717, 1.165) is 22.7 Å². The van der Waals surface area contributed by atoms with E-state index in [1.165, 1.54) is 42.3 Å². The third-order valence-electron chi connectivity index (χ3n) is 5.40. The van der Waals surface area contributed by atoms with Crippen molar-refractivity contribution >= 4 is 22.4 Å². The van der Waals surface area contributed by atoms with Crippen LogP contribution in [0.4, 0.5) is 5.69 Å². The van der Waals surface area contributed by atoms with Crippen LogP contribution in [-0.2, 0) is 6.54 Å². The molecule has 25 heavy (non-hydrogen) atoms. The summed E-state index contributed by atoms with van der Waals surface area (Å²) in [4.78, 5) is 9.06. The molecule has 0 saturated heterocycles. The highest BCUT2D eigenvalue weighted by atomic mass is 15.3. The number of pyridine rings is 1. The van der Waals surface area contributed by atoms with Crippen molar-refractivity contribution in [2.75, 3.05) is 5.32 Å². The van der Waals surface area contributed by atoms with Gasteiger partial charge in [0.1, 0.15) is 5.69 Å². The molecule has 1 fully saturated rings. The number of nitrogens with one attached hydrogen (secondary N) is 1. The van der Waals surface area contributed by atoms with Crippen LogP contribution < -0.4 is 5.32 Å². The number of amidine groups is 1. The summed E-state index contributed by atoms with van der Waals surface area (Å²) in [5, 5.41) is 9.51. The topological polar surface area (TPSA) is 55.1 Å². The molecule has 3 aromatic rings. The number of fused-ring (bicyclic) bond motifs is 2. The Kier molecular flexibility index (Phi) is 3.33. The predicted molar refractivity (Wildman–Crippen MR) is 100 cm³/mol. The van der Waals surface area contributed by atoms with Gasteiger partial charge in [-0.15, -0.1) is 0 Å². The highest BCUT2D eigenvalue weighted by molar-refractivity contribution is 6.09. The molecule has 1 N–H and O–H groups in total.